The van der Waals surface area contributed by atoms with Crippen molar-refractivity contribution in [3.63, 3.8) is 0 Å². The van der Waals surface area contributed by atoms with Crippen LogP contribution in [0, 0.1) is 6.92 Å². The number of nitrogens with one attached hydrogen (secondary N) is 1. The molecule has 2 heterocycles. The average Bonchev–Trinajstić information content (AvgIpc) is 2.92. The number of fused-ring (bicyclic) bond motifs is 1. The molecule has 100 valence electrons. The van der Waals surface area contributed by atoms with Gasteiger partial charge in [-0.1, -0.05) is 24.3 Å². The first-order valence-electron chi connectivity index (χ1n) is 6.41. The van der Waals surface area contributed by atoms with E-state index in [0.29, 0.717) is 6.42 Å². The second kappa shape index (κ2) is 5.43. The molecule has 0 radical (unpaired) electrons. The van der Waals surface area contributed by atoms with Gasteiger partial charge in [0.1, 0.15) is 0 Å². The molecule has 0 fully saturated rings. The molecule has 0 aliphatic carbocycles. The van der Waals surface area contributed by atoms with Gasteiger partial charge in [0.2, 0.25) is 5.91 Å². The minimum absolute atomic E-state index is 0.0109. The third kappa shape index (κ3) is 2.70. The summed E-state index contributed by atoms with van der Waals surface area (Å²) in [5, 5.41) is 5.97. The first-order valence-corrected chi connectivity index (χ1v) is 7.29. The Morgan fingerprint density at radius 1 is 1.20 bits per heavy atom. The Labute approximate surface area is 121 Å². The number of pyridine rings is 1. The van der Waals surface area contributed by atoms with Crippen molar-refractivity contribution in [2.24, 2.45) is 0 Å². The van der Waals surface area contributed by atoms with Crippen molar-refractivity contribution in [2.75, 3.05) is 5.32 Å². The number of rotatable bonds is 3. The van der Waals surface area contributed by atoms with Crippen molar-refractivity contribution in [2.45, 2.75) is 13.3 Å². The molecule has 3 rings (SSSR count). The van der Waals surface area contributed by atoms with E-state index in [0.717, 1.165) is 27.2 Å². The lowest BCUT2D eigenvalue weighted by Gasteiger charge is -2.08. The summed E-state index contributed by atoms with van der Waals surface area (Å²) in [4.78, 5) is 17.7. The Morgan fingerprint density at radius 3 is 2.90 bits per heavy atom. The topological polar surface area (TPSA) is 42.0 Å². The predicted octanol–water partition coefficient (Wildman–Crippen LogP) is 3.79. The molecule has 0 atom stereocenters. The van der Waals surface area contributed by atoms with E-state index in [2.05, 4.69) is 10.3 Å². The second-order valence-electron chi connectivity index (χ2n) is 4.63. The van der Waals surface area contributed by atoms with E-state index in [1.165, 1.54) is 0 Å². The minimum atomic E-state index is -0.0109. The molecule has 0 saturated heterocycles. The van der Waals surface area contributed by atoms with Gasteiger partial charge in [0.15, 0.2) is 0 Å². The van der Waals surface area contributed by atoms with Crippen LogP contribution in [0.4, 0.5) is 5.69 Å². The summed E-state index contributed by atoms with van der Waals surface area (Å²) < 4.78 is 0. The zero-order valence-electron chi connectivity index (χ0n) is 11.1. The monoisotopic (exact) mass is 282 g/mol. The number of hydrogen-bond acceptors (Lipinski definition) is 3. The summed E-state index contributed by atoms with van der Waals surface area (Å²) in [5.74, 6) is -0.0109. The van der Waals surface area contributed by atoms with E-state index in [1.54, 1.807) is 11.3 Å². The van der Waals surface area contributed by atoms with Crippen molar-refractivity contribution in [1.29, 1.82) is 0 Å². The predicted molar refractivity (Wildman–Crippen MR) is 83.1 cm³/mol. The molecule has 1 amide bonds. The van der Waals surface area contributed by atoms with E-state index >= 15 is 0 Å². The Hall–Kier alpha value is -2.20. The summed E-state index contributed by atoms with van der Waals surface area (Å²) in [6, 6.07) is 13.7. The first kappa shape index (κ1) is 12.8. The summed E-state index contributed by atoms with van der Waals surface area (Å²) in [6.07, 6.45) is 0.403. The summed E-state index contributed by atoms with van der Waals surface area (Å²) in [5.41, 5.74) is 2.55. The highest BCUT2D eigenvalue weighted by molar-refractivity contribution is 7.10. The molecule has 3 nitrogen and oxygen atoms in total. The van der Waals surface area contributed by atoms with Gasteiger partial charge >= 0.3 is 0 Å². The first-order chi connectivity index (χ1) is 9.72. The van der Waals surface area contributed by atoms with Crippen LogP contribution in [0.2, 0.25) is 0 Å². The van der Waals surface area contributed by atoms with Crippen LogP contribution in [0.15, 0.2) is 47.8 Å². The number of carbonyl (C=O) groups is 1. The lowest BCUT2D eigenvalue weighted by atomic mass is 10.1. The van der Waals surface area contributed by atoms with Gasteiger partial charge in [0, 0.05) is 16.0 Å². The lowest BCUT2D eigenvalue weighted by molar-refractivity contribution is -0.115. The fraction of sp³-hybridized carbons (Fsp3) is 0.125. The number of carbonyl (C=O) groups excluding carboxylic acids is 1. The fourth-order valence-corrected chi connectivity index (χ4v) is 2.81. The largest absolute Gasteiger partial charge is 0.324 e. The maximum Gasteiger partial charge on any atom is 0.229 e. The molecule has 0 aliphatic rings. The van der Waals surface area contributed by atoms with E-state index in [9.17, 15) is 4.79 Å². The maximum atomic E-state index is 12.1. The highest BCUT2D eigenvalue weighted by Gasteiger charge is 2.08. The molecular formula is C16H14N2OS. The standard InChI is InChI=1S/C16H14N2OS/c1-11-7-8-12-4-2-6-14(16(12)17-11)18-15(19)10-13-5-3-9-20-13/h2-9H,10H2,1H3,(H,18,19). The molecule has 0 saturated carbocycles. The minimum Gasteiger partial charge on any atom is -0.324 e. The van der Waals surface area contributed by atoms with Crippen LogP contribution in [0.3, 0.4) is 0 Å². The number of thiophene rings is 1. The van der Waals surface area contributed by atoms with Crippen LogP contribution in [0.25, 0.3) is 10.9 Å². The van der Waals surface area contributed by atoms with Crippen LogP contribution in [0.1, 0.15) is 10.6 Å². The highest BCUT2D eigenvalue weighted by Crippen LogP contribution is 2.22. The molecule has 3 aromatic rings. The normalized spacial score (nSPS) is 10.7. The third-order valence-electron chi connectivity index (χ3n) is 3.05. The zero-order valence-corrected chi connectivity index (χ0v) is 11.9. The van der Waals surface area contributed by atoms with E-state index in [4.69, 9.17) is 0 Å². The van der Waals surface area contributed by atoms with Crippen LogP contribution in [-0.2, 0) is 11.2 Å². The summed E-state index contributed by atoms with van der Waals surface area (Å²) in [6.45, 7) is 1.95. The molecule has 1 aromatic carbocycles. The number of aryl methyl sites for hydroxylation is 1. The van der Waals surface area contributed by atoms with Gasteiger partial charge in [-0.05, 0) is 30.5 Å². The molecule has 1 N–H and O–H groups in total. The van der Waals surface area contributed by atoms with Crippen LogP contribution in [0.5, 0.6) is 0 Å². The molecule has 2 aromatic heterocycles. The van der Waals surface area contributed by atoms with E-state index in [1.807, 2.05) is 54.8 Å². The summed E-state index contributed by atoms with van der Waals surface area (Å²) >= 11 is 1.59. The number of para-hydroxylation sites is 1. The van der Waals surface area contributed by atoms with Crippen molar-refractivity contribution in [3.8, 4) is 0 Å². The smallest absolute Gasteiger partial charge is 0.229 e. The Balaban J connectivity index is 1.87. The van der Waals surface area contributed by atoms with Gasteiger partial charge < -0.3 is 5.32 Å². The van der Waals surface area contributed by atoms with Crippen molar-refractivity contribution >= 4 is 33.8 Å². The van der Waals surface area contributed by atoms with Gasteiger partial charge in [-0.2, -0.15) is 0 Å². The van der Waals surface area contributed by atoms with Crippen LogP contribution in [-0.4, -0.2) is 10.9 Å². The van der Waals surface area contributed by atoms with Crippen molar-refractivity contribution in [1.82, 2.24) is 4.98 Å². The lowest BCUT2D eigenvalue weighted by Crippen LogP contribution is -2.14. The molecular weight excluding hydrogens is 268 g/mol. The van der Waals surface area contributed by atoms with Gasteiger partial charge in [-0.25, -0.2) is 0 Å². The fourth-order valence-electron chi connectivity index (χ4n) is 2.11. The van der Waals surface area contributed by atoms with Gasteiger partial charge in [0.05, 0.1) is 17.6 Å². The van der Waals surface area contributed by atoms with Crippen molar-refractivity contribution in [3.05, 3.63) is 58.4 Å². The molecule has 4 heteroatoms. The number of anilines is 1. The Kier molecular flexibility index (Phi) is 3.48. The number of aromatic nitrogens is 1. The van der Waals surface area contributed by atoms with E-state index < -0.39 is 0 Å². The molecule has 0 bridgehead atoms. The Morgan fingerprint density at radius 2 is 2.10 bits per heavy atom. The van der Waals surface area contributed by atoms with Gasteiger partial charge in [-0.15, -0.1) is 11.3 Å². The third-order valence-corrected chi connectivity index (χ3v) is 3.92. The molecule has 20 heavy (non-hydrogen) atoms. The zero-order chi connectivity index (χ0) is 13.9. The number of nitrogens with zero attached hydrogens (tertiary/aromatic N) is 1. The van der Waals surface area contributed by atoms with Crippen LogP contribution >= 0.6 is 11.3 Å². The molecule has 0 aliphatic heterocycles. The number of benzene rings is 1. The van der Waals surface area contributed by atoms with Crippen molar-refractivity contribution < 1.29 is 4.79 Å². The second-order valence-corrected chi connectivity index (χ2v) is 5.67. The molecule has 0 unspecified atom stereocenters. The number of hydrogen-bond donors (Lipinski definition) is 1. The van der Waals surface area contributed by atoms with E-state index in [-0.39, 0.29) is 5.91 Å². The quantitative estimate of drug-likeness (QED) is 0.794. The number of amides is 1. The van der Waals surface area contributed by atoms with Gasteiger partial charge in [-0.3, -0.25) is 9.78 Å². The average molecular weight is 282 g/mol. The maximum absolute atomic E-state index is 12.1. The highest BCUT2D eigenvalue weighted by atomic mass is 32.1. The SMILES string of the molecule is Cc1ccc2cccc(NC(=O)Cc3cccs3)c2n1. The summed E-state index contributed by atoms with van der Waals surface area (Å²) in [7, 11) is 0. The van der Waals surface area contributed by atoms with Crippen LogP contribution < -0.4 is 5.32 Å². The van der Waals surface area contributed by atoms with Gasteiger partial charge in [0.25, 0.3) is 0 Å². The Bertz CT molecular complexity index is 750. The molecule has 0 spiro atoms.